The summed E-state index contributed by atoms with van der Waals surface area (Å²) in [7, 11) is -1.14. The van der Waals surface area contributed by atoms with E-state index < -0.39 is 25.8 Å². The van der Waals surface area contributed by atoms with Crippen LogP contribution in [0.15, 0.2) is 24.5 Å². The lowest BCUT2D eigenvalue weighted by molar-refractivity contribution is 0.0763. The Kier molecular flexibility index (Phi) is 7.04. The minimum Gasteiger partial charge on any atom is -0.360 e. The van der Waals surface area contributed by atoms with Crippen LogP contribution >= 0.6 is 0 Å². The second-order valence-electron chi connectivity index (χ2n) is 13.0. The van der Waals surface area contributed by atoms with Gasteiger partial charge in [-0.25, -0.2) is 18.4 Å². The zero-order valence-corrected chi connectivity index (χ0v) is 25.5. The van der Waals surface area contributed by atoms with Crippen molar-refractivity contribution >= 4 is 19.8 Å². The molecule has 6 rings (SSSR count). The summed E-state index contributed by atoms with van der Waals surface area (Å²) < 4.78 is 36.7. The molecule has 1 aliphatic heterocycles. The fraction of sp³-hybridized carbons (Fsp3) is 0.586. The van der Waals surface area contributed by atoms with Crippen LogP contribution in [0.5, 0.6) is 0 Å². The maximum atomic E-state index is 13.6. The quantitative estimate of drug-likeness (QED) is 0.278. The van der Waals surface area contributed by atoms with Gasteiger partial charge in [0, 0.05) is 45.4 Å². The van der Waals surface area contributed by atoms with E-state index in [2.05, 4.69) is 42.0 Å². The van der Waals surface area contributed by atoms with Gasteiger partial charge in [-0.05, 0) is 49.9 Å². The van der Waals surface area contributed by atoms with Crippen molar-refractivity contribution in [1.29, 1.82) is 0 Å². The Labute approximate surface area is 240 Å². The molecule has 1 saturated heterocycles. The average Bonchev–Trinajstić information content (AvgIpc) is 3.53. The second kappa shape index (κ2) is 10.3. The van der Waals surface area contributed by atoms with Crippen molar-refractivity contribution in [3.63, 3.8) is 0 Å². The van der Waals surface area contributed by atoms with Crippen LogP contribution < -0.4 is 10.2 Å². The van der Waals surface area contributed by atoms with Crippen molar-refractivity contribution in [2.75, 3.05) is 24.6 Å². The molecule has 2 fully saturated rings. The predicted octanol–water partition coefficient (Wildman–Crippen LogP) is 4.57. The summed E-state index contributed by atoms with van der Waals surface area (Å²) in [6.45, 7) is 13.3. The van der Waals surface area contributed by atoms with E-state index >= 15 is 0 Å². The zero-order chi connectivity index (χ0) is 29.1. The lowest BCUT2D eigenvalue weighted by Gasteiger charge is -2.21. The van der Waals surface area contributed by atoms with Crippen LogP contribution in [0.3, 0.4) is 0 Å². The third-order valence-corrected chi connectivity index (χ3v) is 10.5. The van der Waals surface area contributed by atoms with Gasteiger partial charge in [-0.3, -0.25) is 9.48 Å². The van der Waals surface area contributed by atoms with Gasteiger partial charge in [0.15, 0.2) is 0 Å². The highest BCUT2D eigenvalue weighted by Gasteiger charge is 2.71. The number of aryl methyl sites for hydroxylation is 1. The number of amides is 1. The van der Waals surface area contributed by atoms with Crippen LogP contribution in [-0.4, -0.2) is 64.1 Å². The first-order valence-electron chi connectivity index (χ1n) is 14.5. The van der Waals surface area contributed by atoms with E-state index in [1.165, 1.54) is 5.56 Å². The first kappa shape index (κ1) is 28.0. The Balaban J connectivity index is 1.04. The number of ether oxygens (including phenoxy) is 1. The maximum absolute atomic E-state index is 13.6. The number of piperidine rings is 1. The van der Waals surface area contributed by atoms with Crippen LogP contribution in [-0.2, 0) is 24.4 Å². The third kappa shape index (κ3) is 5.55. The van der Waals surface area contributed by atoms with Gasteiger partial charge in [0.2, 0.25) is 0 Å². The van der Waals surface area contributed by atoms with Gasteiger partial charge in [-0.15, -0.1) is 0 Å². The minimum absolute atomic E-state index is 0.140. The number of alkyl halides is 2. The lowest BCUT2D eigenvalue weighted by atomic mass is 10.2. The Morgan fingerprint density at radius 1 is 1.20 bits per heavy atom. The summed E-state index contributed by atoms with van der Waals surface area (Å²) in [6.07, 6.45) is 5.02. The molecule has 0 bridgehead atoms. The number of fused-ring (bicyclic) bond motifs is 2. The largest absolute Gasteiger partial charge is 0.360 e. The van der Waals surface area contributed by atoms with E-state index in [4.69, 9.17) is 9.84 Å². The number of carbonyl (C=O) groups is 1. The fourth-order valence-corrected chi connectivity index (χ4v) is 6.77. The van der Waals surface area contributed by atoms with Gasteiger partial charge in [-0.1, -0.05) is 25.7 Å². The summed E-state index contributed by atoms with van der Waals surface area (Å²) in [5.41, 5.74) is 5.51. The van der Waals surface area contributed by atoms with Gasteiger partial charge in [0.25, 0.3) is 11.8 Å². The molecule has 0 radical (unpaired) electrons. The fourth-order valence-electron chi connectivity index (χ4n) is 6.01. The van der Waals surface area contributed by atoms with Crippen molar-refractivity contribution in [2.24, 2.45) is 11.8 Å². The molecular formula is C29H39F2N7O2Si. The van der Waals surface area contributed by atoms with Crippen LogP contribution in [0, 0.1) is 25.7 Å². The summed E-state index contributed by atoms with van der Waals surface area (Å²) in [5.74, 6) is -3.01. The Hall–Kier alpha value is -3.12. The average molecular weight is 584 g/mol. The van der Waals surface area contributed by atoms with Crippen molar-refractivity contribution in [3.8, 4) is 0 Å². The molecule has 4 heterocycles. The molecular weight excluding hydrogens is 544 g/mol. The molecule has 41 heavy (non-hydrogen) atoms. The number of hydrogen-bond donors (Lipinski definition) is 1. The molecule has 0 spiro atoms. The van der Waals surface area contributed by atoms with Gasteiger partial charge in [-0.2, -0.15) is 10.2 Å². The lowest BCUT2D eigenvalue weighted by Crippen LogP contribution is -2.28. The molecule has 0 aromatic carbocycles. The number of halogens is 2. The van der Waals surface area contributed by atoms with E-state index in [1.807, 2.05) is 28.6 Å². The molecule has 2 aliphatic carbocycles. The van der Waals surface area contributed by atoms with Crippen LogP contribution in [0.4, 0.5) is 14.6 Å². The van der Waals surface area contributed by atoms with Crippen molar-refractivity contribution in [1.82, 2.24) is 29.9 Å². The molecule has 1 N–H and O–H groups in total. The number of hydrogen-bond acceptors (Lipinski definition) is 6. The van der Waals surface area contributed by atoms with Gasteiger partial charge >= 0.3 is 0 Å². The molecule has 2 unspecified atom stereocenters. The van der Waals surface area contributed by atoms with E-state index in [-0.39, 0.29) is 11.9 Å². The predicted molar refractivity (Wildman–Crippen MR) is 154 cm³/mol. The highest BCUT2D eigenvalue weighted by Crippen LogP contribution is 2.59. The summed E-state index contributed by atoms with van der Waals surface area (Å²) in [4.78, 5) is 19.7. The van der Waals surface area contributed by atoms with E-state index in [0.717, 1.165) is 54.0 Å². The number of anilines is 1. The maximum Gasteiger partial charge on any atom is 0.258 e. The summed E-state index contributed by atoms with van der Waals surface area (Å²) >= 11 is 0. The molecule has 9 nitrogen and oxygen atoms in total. The van der Waals surface area contributed by atoms with Crippen LogP contribution in [0.1, 0.15) is 51.0 Å². The zero-order valence-electron chi connectivity index (χ0n) is 24.5. The number of carbonyl (C=O) groups excluding carboxylic acids is 1. The number of rotatable bonds is 10. The van der Waals surface area contributed by atoms with E-state index in [0.29, 0.717) is 31.9 Å². The Bertz CT molecular complexity index is 1450. The highest BCUT2D eigenvalue weighted by atomic mass is 28.3. The number of nitrogens with zero attached hydrogens (tertiary/aromatic N) is 6. The van der Waals surface area contributed by atoms with Gasteiger partial charge in [0.05, 0.1) is 41.9 Å². The Morgan fingerprint density at radius 3 is 2.66 bits per heavy atom. The standard InChI is InChI=1S/C29H39F2N7O2Si/c1-18-20(6-9-26(33-18)36-15-23-24(16-36)29(23,30)31)13-37-14-21(12-32-37)28(39)34-25-8-7-22-19(2)38(35-27(22)25)17-40-10-11-41(3,4)5/h6,9,12,14,23-25H,7-8,10-11,13,15-17H2,1-5H3,(H,34,39)/t23?,24?,25-/m1/s1. The normalized spacial score (nSPS) is 22.6. The van der Waals surface area contributed by atoms with Crippen molar-refractivity contribution < 1.29 is 18.3 Å². The summed E-state index contributed by atoms with van der Waals surface area (Å²) in [5, 5.41) is 12.3. The first-order valence-corrected chi connectivity index (χ1v) is 18.2. The van der Waals surface area contributed by atoms with Crippen molar-refractivity contribution in [3.05, 3.63) is 58.3 Å². The molecule has 3 atom stereocenters. The summed E-state index contributed by atoms with van der Waals surface area (Å²) in [6, 6.07) is 4.83. The molecule has 12 heteroatoms. The minimum atomic E-state index is -2.50. The smallest absolute Gasteiger partial charge is 0.258 e. The monoisotopic (exact) mass is 583 g/mol. The Morgan fingerprint density at radius 2 is 1.95 bits per heavy atom. The highest BCUT2D eigenvalue weighted by molar-refractivity contribution is 6.76. The molecule has 1 amide bonds. The van der Waals surface area contributed by atoms with Crippen LogP contribution in [0.25, 0.3) is 0 Å². The molecule has 3 aliphatic rings. The topological polar surface area (TPSA) is 90.1 Å². The number of aromatic nitrogens is 5. The number of pyridine rings is 1. The van der Waals surface area contributed by atoms with E-state index in [9.17, 15) is 13.6 Å². The number of nitrogens with one attached hydrogen (secondary N) is 1. The van der Waals surface area contributed by atoms with Gasteiger partial charge in [0.1, 0.15) is 12.5 Å². The third-order valence-electron chi connectivity index (χ3n) is 8.82. The first-order chi connectivity index (χ1) is 19.4. The molecule has 3 aromatic heterocycles. The molecule has 1 saturated carbocycles. The SMILES string of the molecule is Cc1nc(N2CC3C(C2)C3(F)F)ccc1Cn1cc(C(=O)N[C@@H]2CCc3c2nn(COCC[Si](C)(C)C)c3C)cn1. The molecule has 3 aromatic rings. The van der Waals surface area contributed by atoms with E-state index in [1.54, 1.807) is 17.1 Å². The van der Waals surface area contributed by atoms with Gasteiger partial charge < -0.3 is 15.0 Å². The second-order valence-corrected chi connectivity index (χ2v) is 18.6. The molecule has 220 valence electrons. The van der Waals surface area contributed by atoms with Crippen LogP contribution in [0.2, 0.25) is 25.7 Å². The van der Waals surface area contributed by atoms with Crippen molar-refractivity contribution in [2.45, 2.75) is 77.6 Å².